The van der Waals surface area contributed by atoms with Crippen LogP contribution in [0, 0.1) is 5.92 Å². The number of aryl methyl sites for hydroxylation is 1. The van der Waals surface area contributed by atoms with Crippen LogP contribution in [0.4, 0.5) is 0 Å². The molecule has 2 nitrogen and oxygen atoms in total. The van der Waals surface area contributed by atoms with Gasteiger partial charge >= 0.3 is 0 Å². The molecule has 1 fully saturated rings. The predicted molar refractivity (Wildman–Crippen MR) is 92.0 cm³/mol. The zero-order valence-corrected chi connectivity index (χ0v) is 14.0. The van der Waals surface area contributed by atoms with E-state index in [2.05, 4.69) is 36.1 Å². The molecule has 3 rings (SSSR count). The van der Waals surface area contributed by atoms with E-state index in [0.717, 1.165) is 12.5 Å². The summed E-state index contributed by atoms with van der Waals surface area (Å²) < 4.78 is 0. The number of aromatic nitrogens is 1. The van der Waals surface area contributed by atoms with Crippen LogP contribution in [0.25, 0.3) is 0 Å². The summed E-state index contributed by atoms with van der Waals surface area (Å²) in [4.78, 5) is 4.75. The summed E-state index contributed by atoms with van der Waals surface area (Å²) in [6, 6.07) is 5.01. The highest BCUT2D eigenvalue weighted by atomic mass is 32.2. The van der Waals surface area contributed by atoms with Crippen LogP contribution in [0.1, 0.15) is 56.2 Å². The minimum Gasteiger partial charge on any atom is -0.314 e. The number of nitrogens with zero attached hydrogens (tertiary/aromatic N) is 1. The largest absolute Gasteiger partial charge is 0.314 e. The molecule has 1 aliphatic heterocycles. The fourth-order valence-corrected chi connectivity index (χ4v) is 5.23. The van der Waals surface area contributed by atoms with Gasteiger partial charge in [0.05, 0.1) is 0 Å². The Kier molecular flexibility index (Phi) is 5.59. The van der Waals surface area contributed by atoms with Crippen molar-refractivity contribution in [3.05, 3.63) is 29.6 Å². The predicted octanol–water partition coefficient (Wildman–Crippen LogP) is 4.01. The molecule has 0 radical (unpaired) electrons. The maximum absolute atomic E-state index is 4.75. The van der Waals surface area contributed by atoms with Gasteiger partial charge in [-0.3, -0.25) is 4.98 Å². The Balaban J connectivity index is 1.74. The molecule has 1 N–H and O–H groups in total. The van der Waals surface area contributed by atoms with Crippen molar-refractivity contribution < 1.29 is 0 Å². The van der Waals surface area contributed by atoms with E-state index in [0.29, 0.717) is 12.0 Å². The topological polar surface area (TPSA) is 24.9 Å². The smallest absolute Gasteiger partial charge is 0.0481 e. The maximum atomic E-state index is 4.75. The number of thioether (sulfide) groups is 1. The van der Waals surface area contributed by atoms with Gasteiger partial charge in [0.25, 0.3) is 0 Å². The van der Waals surface area contributed by atoms with E-state index in [1.165, 1.54) is 61.3 Å². The number of nitrogens with one attached hydrogen (secondary N) is 1. The summed E-state index contributed by atoms with van der Waals surface area (Å²) in [7, 11) is 0. The molecule has 1 aromatic rings. The van der Waals surface area contributed by atoms with Crippen LogP contribution in [-0.2, 0) is 6.42 Å². The third kappa shape index (κ3) is 3.81. The van der Waals surface area contributed by atoms with Crippen LogP contribution in [0.2, 0.25) is 0 Å². The lowest BCUT2D eigenvalue weighted by Crippen LogP contribution is -2.39. The van der Waals surface area contributed by atoms with Gasteiger partial charge in [-0.1, -0.05) is 13.0 Å². The zero-order chi connectivity index (χ0) is 14.5. The molecular weight excluding hydrogens is 276 g/mol. The van der Waals surface area contributed by atoms with E-state index < -0.39 is 0 Å². The van der Waals surface area contributed by atoms with Gasteiger partial charge in [0, 0.05) is 23.9 Å². The molecule has 2 aliphatic rings. The first-order chi connectivity index (χ1) is 10.4. The molecule has 1 saturated heterocycles. The normalized spacial score (nSPS) is 24.5. The maximum Gasteiger partial charge on any atom is 0.0481 e. The van der Waals surface area contributed by atoms with Gasteiger partial charge in [0.15, 0.2) is 0 Å². The lowest BCUT2D eigenvalue weighted by molar-refractivity contribution is 0.309. The van der Waals surface area contributed by atoms with Crippen LogP contribution in [-0.4, -0.2) is 29.1 Å². The second-order valence-corrected chi connectivity index (χ2v) is 7.73. The Morgan fingerprint density at radius 1 is 1.33 bits per heavy atom. The molecule has 3 heteroatoms. The number of pyridine rings is 1. The number of likely N-dealkylation sites (N-methyl/N-ethyl adjacent to an activating group) is 1. The Hall–Kier alpha value is -0.540. The Labute approximate surface area is 133 Å². The molecular formula is C18H28N2S. The first-order valence-corrected chi connectivity index (χ1v) is 9.79. The van der Waals surface area contributed by atoms with Gasteiger partial charge < -0.3 is 5.32 Å². The van der Waals surface area contributed by atoms with Crippen molar-refractivity contribution in [3.63, 3.8) is 0 Å². The zero-order valence-electron chi connectivity index (χ0n) is 13.2. The highest BCUT2D eigenvalue weighted by Crippen LogP contribution is 2.36. The quantitative estimate of drug-likeness (QED) is 0.889. The van der Waals surface area contributed by atoms with Crippen molar-refractivity contribution in [3.8, 4) is 0 Å². The SMILES string of the molecule is CCNC(CC1CCSCC1)C1CCCc2cccnc21. The first kappa shape index (κ1) is 15.4. The highest BCUT2D eigenvalue weighted by Gasteiger charge is 2.30. The van der Waals surface area contributed by atoms with Crippen molar-refractivity contribution in [1.82, 2.24) is 10.3 Å². The molecule has 0 bridgehead atoms. The summed E-state index contributed by atoms with van der Waals surface area (Å²) in [5, 5.41) is 3.79. The highest BCUT2D eigenvalue weighted by molar-refractivity contribution is 7.99. The number of fused-ring (bicyclic) bond motifs is 1. The molecule has 0 saturated carbocycles. The minimum atomic E-state index is 0.622. The van der Waals surface area contributed by atoms with E-state index in [9.17, 15) is 0 Å². The van der Waals surface area contributed by atoms with Crippen molar-refractivity contribution in [2.24, 2.45) is 5.92 Å². The average Bonchev–Trinajstić information content (AvgIpc) is 2.55. The van der Waals surface area contributed by atoms with Gasteiger partial charge in [0.2, 0.25) is 0 Å². The standard InChI is InChI=1S/C18H28N2S/c1-2-19-17(13-14-8-11-21-12-9-14)16-7-3-5-15-6-4-10-20-18(15)16/h4,6,10,14,16-17,19H,2-3,5,7-9,11-13H2,1H3. The third-order valence-corrected chi connectivity index (χ3v) is 6.17. The molecule has 0 amide bonds. The monoisotopic (exact) mass is 304 g/mol. The Morgan fingerprint density at radius 3 is 3.00 bits per heavy atom. The number of hydrogen-bond donors (Lipinski definition) is 1. The van der Waals surface area contributed by atoms with E-state index in [-0.39, 0.29) is 0 Å². The molecule has 2 atom stereocenters. The van der Waals surface area contributed by atoms with E-state index in [1.54, 1.807) is 0 Å². The molecule has 21 heavy (non-hydrogen) atoms. The van der Waals surface area contributed by atoms with Crippen LogP contribution in [0.5, 0.6) is 0 Å². The summed E-state index contributed by atoms with van der Waals surface area (Å²) >= 11 is 2.13. The first-order valence-electron chi connectivity index (χ1n) is 8.63. The third-order valence-electron chi connectivity index (χ3n) is 5.12. The number of rotatable bonds is 5. The molecule has 116 valence electrons. The Morgan fingerprint density at radius 2 is 2.19 bits per heavy atom. The fraction of sp³-hybridized carbons (Fsp3) is 0.722. The molecule has 1 aliphatic carbocycles. The van der Waals surface area contributed by atoms with E-state index in [1.807, 2.05) is 6.20 Å². The van der Waals surface area contributed by atoms with E-state index in [4.69, 9.17) is 4.98 Å². The van der Waals surface area contributed by atoms with Gasteiger partial charge in [-0.25, -0.2) is 0 Å². The number of hydrogen-bond acceptors (Lipinski definition) is 3. The minimum absolute atomic E-state index is 0.622. The lowest BCUT2D eigenvalue weighted by atomic mass is 9.78. The van der Waals surface area contributed by atoms with Crippen molar-refractivity contribution >= 4 is 11.8 Å². The summed E-state index contributed by atoms with van der Waals surface area (Å²) in [5.41, 5.74) is 2.88. The van der Waals surface area contributed by atoms with Crippen molar-refractivity contribution in [2.75, 3.05) is 18.1 Å². The average molecular weight is 305 g/mol. The summed E-state index contributed by atoms with van der Waals surface area (Å²) in [6.45, 7) is 3.32. The molecule has 1 aromatic heterocycles. The molecule has 0 aromatic carbocycles. The fourth-order valence-electron chi connectivity index (χ4n) is 4.03. The van der Waals surface area contributed by atoms with E-state index >= 15 is 0 Å². The molecule has 2 heterocycles. The summed E-state index contributed by atoms with van der Waals surface area (Å²) in [5.74, 6) is 4.28. The van der Waals surface area contributed by atoms with Gasteiger partial charge in [0.1, 0.15) is 0 Å². The van der Waals surface area contributed by atoms with Gasteiger partial charge in [-0.15, -0.1) is 0 Å². The lowest BCUT2D eigenvalue weighted by Gasteiger charge is -2.35. The van der Waals surface area contributed by atoms with Crippen LogP contribution < -0.4 is 5.32 Å². The summed E-state index contributed by atoms with van der Waals surface area (Å²) in [6.07, 6.45) is 10.0. The molecule has 2 unspecified atom stereocenters. The van der Waals surface area contributed by atoms with Crippen LogP contribution >= 0.6 is 11.8 Å². The van der Waals surface area contributed by atoms with Crippen LogP contribution in [0.15, 0.2) is 18.3 Å². The second-order valence-electron chi connectivity index (χ2n) is 6.50. The van der Waals surface area contributed by atoms with Crippen molar-refractivity contribution in [2.45, 2.75) is 57.4 Å². The van der Waals surface area contributed by atoms with Crippen LogP contribution in [0.3, 0.4) is 0 Å². The second kappa shape index (κ2) is 7.64. The Bertz CT molecular complexity index is 443. The molecule has 0 spiro atoms. The van der Waals surface area contributed by atoms with Gasteiger partial charge in [-0.2, -0.15) is 11.8 Å². The van der Waals surface area contributed by atoms with Crippen molar-refractivity contribution in [1.29, 1.82) is 0 Å². The van der Waals surface area contributed by atoms with Gasteiger partial charge in [-0.05, 0) is 74.1 Å².